The van der Waals surface area contributed by atoms with Crippen LogP contribution in [0.15, 0.2) is 47.0 Å². The largest absolute Gasteiger partial charge is 0.481 e. The van der Waals surface area contributed by atoms with Crippen molar-refractivity contribution in [1.82, 2.24) is 15.5 Å². The van der Waals surface area contributed by atoms with Gasteiger partial charge in [-0.3, -0.25) is 4.79 Å². The second-order valence-corrected chi connectivity index (χ2v) is 6.60. The van der Waals surface area contributed by atoms with E-state index in [0.717, 1.165) is 16.7 Å². The Labute approximate surface area is 158 Å². The van der Waals surface area contributed by atoms with Crippen molar-refractivity contribution in [3.63, 3.8) is 0 Å². The van der Waals surface area contributed by atoms with Crippen molar-refractivity contribution in [2.75, 3.05) is 0 Å². The number of nitrogens with one attached hydrogen (secondary N) is 1. The second-order valence-electron chi connectivity index (χ2n) is 6.60. The lowest BCUT2D eigenvalue weighted by atomic mass is 10.1. The molecule has 0 bridgehead atoms. The van der Waals surface area contributed by atoms with Crippen LogP contribution in [0, 0.1) is 20.8 Å². The van der Waals surface area contributed by atoms with E-state index in [9.17, 15) is 4.79 Å². The first-order valence-corrected chi connectivity index (χ1v) is 8.83. The number of aromatic nitrogens is 2. The fraction of sp³-hybridized carbons (Fsp3) is 0.286. The average Bonchev–Trinajstić information content (AvgIpc) is 3.12. The molecular weight excluding hydrogens is 342 g/mol. The molecule has 1 N–H and O–H groups in total. The Balaban J connectivity index is 1.55. The van der Waals surface area contributed by atoms with Crippen LogP contribution in [0.1, 0.15) is 29.5 Å². The number of carbonyl (C=O) groups excluding carboxylic acids is 1. The maximum Gasteiger partial charge on any atom is 0.261 e. The van der Waals surface area contributed by atoms with Crippen LogP contribution in [-0.2, 0) is 11.3 Å². The van der Waals surface area contributed by atoms with Gasteiger partial charge in [-0.25, -0.2) is 0 Å². The number of benzene rings is 2. The lowest BCUT2D eigenvalue weighted by Crippen LogP contribution is -2.36. The molecule has 0 saturated heterocycles. The van der Waals surface area contributed by atoms with Crippen molar-refractivity contribution in [2.45, 2.75) is 40.3 Å². The number of hydrogen-bond donors (Lipinski definition) is 1. The summed E-state index contributed by atoms with van der Waals surface area (Å²) in [7, 11) is 0. The highest BCUT2D eigenvalue weighted by molar-refractivity contribution is 5.80. The summed E-state index contributed by atoms with van der Waals surface area (Å²) in [5.41, 5.74) is 4.33. The van der Waals surface area contributed by atoms with E-state index in [-0.39, 0.29) is 12.5 Å². The van der Waals surface area contributed by atoms with Crippen LogP contribution in [0.2, 0.25) is 0 Å². The molecule has 3 rings (SSSR count). The number of carbonyl (C=O) groups is 1. The topological polar surface area (TPSA) is 77.2 Å². The summed E-state index contributed by atoms with van der Waals surface area (Å²) < 4.78 is 10.9. The van der Waals surface area contributed by atoms with E-state index < -0.39 is 6.10 Å². The van der Waals surface area contributed by atoms with Crippen molar-refractivity contribution in [2.24, 2.45) is 0 Å². The fourth-order valence-corrected chi connectivity index (χ4v) is 2.50. The molecule has 0 fully saturated rings. The van der Waals surface area contributed by atoms with E-state index in [0.29, 0.717) is 17.5 Å². The molecule has 0 saturated carbocycles. The van der Waals surface area contributed by atoms with E-state index >= 15 is 0 Å². The number of hydrogen-bond acceptors (Lipinski definition) is 5. The standard InChI is InChI=1S/C21H23N3O3/c1-13-5-8-17(9-6-13)20-23-19(27-24-20)12-22-21(25)16(4)26-18-10-7-14(2)15(3)11-18/h5-11,16H,12H2,1-4H3,(H,22,25)/t16-/m1/s1. The first kappa shape index (κ1) is 18.6. The lowest BCUT2D eigenvalue weighted by molar-refractivity contribution is -0.127. The third-order valence-electron chi connectivity index (χ3n) is 4.35. The summed E-state index contributed by atoms with van der Waals surface area (Å²) in [6, 6.07) is 13.6. The maximum absolute atomic E-state index is 12.3. The summed E-state index contributed by atoms with van der Waals surface area (Å²) in [5.74, 6) is 1.26. The van der Waals surface area contributed by atoms with Crippen LogP contribution in [0.3, 0.4) is 0 Å². The highest BCUT2D eigenvalue weighted by Gasteiger charge is 2.16. The van der Waals surface area contributed by atoms with Crippen LogP contribution in [-0.4, -0.2) is 22.2 Å². The Morgan fingerprint density at radius 1 is 1.11 bits per heavy atom. The van der Waals surface area contributed by atoms with Crippen LogP contribution >= 0.6 is 0 Å². The molecule has 0 spiro atoms. The quantitative estimate of drug-likeness (QED) is 0.720. The SMILES string of the molecule is Cc1ccc(-c2noc(CNC(=O)[C@@H](C)Oc3ccc(C)c(C)c3)n2)cc1. The molecule has 6 nitrogen and oxygen atoms in total. The maximum atomic E-state index is 12.3. The number of aryl methyl sites for hydroxylation is 3. The molecule has 0 radical (unpaired) electrons. The van der Waals surface area contributed by atoms with Crippen LogP contribution < -0.4 is 10.1 Å². The van der Waals surface area contributed by atoms with Crippen molar-refractivity contribution >= 4 is 5.91 Å². The Hall–Kier alpha value is -3.15. The summed E-state index contributed by atoms with van der Waals surface area (Å²) in [5, 5.41) is 6.71. The third kappa shape index (κ3) is 4.73. The first-order chi connectivity index (χ1) is 12.9. The van der Waals surface area contributed by atoms with Gasteiger partial charge in [-0.1, -0.05) is 41.1 Å². The molecule has 1 heterocycles. The predicted octanol–water partition coefficient (Wildman–Crippen LogP) is 3.75. The van der Waals surface area contributed by atoms with Crippen molar-refractivity contribution in [1.29, 1.82) is 0 Å². The normalized spacial score (nSPS) is 11.9. The summed E-state index contributed by atoms with van der Waals surface area (Å²) in [4.78, 5) is 16.6. The van der Waals surface area contributed by atoms with Crippen LogP contribution in [0.5, 0.6) is 5.75 Å². The van der Waals surface area contributed by atoms with Gasteiger partial charge in [0.15, 0.2) is 6.10 Å². The molecular formula is C21H23N3O3. The van der Waals surface area contributed by atoms with Crippen LogP contribution in [0.25, 0.3) is 11.4 Å². The van der Waals surface area contributed by atoms with Gasteiger partial charge in [0.2, 0.25) is 11.7 Å². The zero-order chi connectivity index (χ0) is 19.4. The van der Waals surface area contributed by atoms with Gasteiger partial charge in [0.05, 0.1) is 6.54 Å². The van der Waals surface area contributed by atoms with Gasteiger partial charge < -0.3 is 14.6 Å². The third-order valence-corrected chi connectivity index (χ3v) is 4.35. The smallest absolute Gasteiger partial charge is 0.261 e. The zero-order valence-corrected chi connectivity index (χ0v) is 15.9. The van der Waals surface area contributed by atoms with E-state index in [4.69, 9.17) is 9.26 Å². The Kier molecular flexibility index (Phi) is 5.54. The monoisotopic (exact) mass is 365 g/mol. The van der Waals surface area contributed by atoms with Crippen molar-refractivity contribution in [3.8, 4) is 17.1 Å². The molecule has 6 heteroatoms. The van der Waals surface area contributed by atoms with E-state index in [2.05, 4.69) is 15.5 Å². The minimum Gasteiger partial charge on any atom is -0.481 e. The van der Waals surface area contributed by atoms with Gasteiger partial charge in [0, 0.05) is 5.56 Å². The number of nitrogens with zero attached hydrogens (tertiary/aromatic N) is 2. The lowest BCUT2D eigenvalue weighted by Gasteiger charge is -2.15. The summed E-state index contributed by atoms with van der Waals surface area (Å²) in [6.45, 7) is 7.91. The number of ether oxygens (including phenoxy) is 1. The highest BCUT2D eigenvalue weighted by atomic mass is 16.5. The van der Waals surface area contributed by atoms with Crippen molar-refractivity contribution in [3.05, 3.63) is 65.0 Å². The Bertz CT molecular complexity index is 932. The van der Waals surface area contributed by atoms with E-state index in [1.54, 1.807) is 6.92 Å². The van der Waals surface area contributed by atoms with E-state index in [1.165, 1.54) is 5.56 Å². The van der Waals surface area contributed by atoms with Gasteiger partial charge in [-0.05, 0) is 51.0 Å². The molecule has 0 unspecified atom stereocenters. The minimum atomic E-state index is -0.633. The molecule has 1 aromatic heterocycles. The molecule has 140 valence electrons. The Morgan fingerprint density at radius 2 is 1.85 bits per heavy atom. The summed E-state index contributed by atoms with van der Waals surface area (Å²) >= 11 is 0. The predicted molar refractivity (Wildman–Crippen MR) is 102 cm³/mol. The molecule has 27 heavy (non-hydrogen) atoms. The van der Waals surface area contributed by atoms with Gasteiger partial charge >= 0.3 is 0 Å². The van der Waals surface area contributed by atoms with Crippen LogP contribution in [0.4, 0.5) is 0 Å². The average molecular weight is 365 g/mol. The molecule has 1 amide bonds. The minimum absolute atomic E-state index is 0.151. The molecule has 2 aromatic carbocycles. The highest BCUT2D eigenvalue weighted by Crippen LogP contribution is 2.18. The van der Waals surface area contributed by atoms with Gasteiger partial charge in [0.25, 0.3) is 5.91 Å². The van der Waals surface area contributed by atoms with E-state index in [1.807, 2.05) is 63.2 Å². The molecule has 3 aromatic rings. The second kappa shape index (κ2) is 8.03. The zero-order valence-electron chi connectivity index (χ0n) is 15.9. The Morgan fingerprint density at radius 3 is 2.56 bits per heavy atom. The molecule has 0 aliphatic heterocycles. The first-order valence-electron chi connectivity index (χ1n) is 8.83. The molecule has 0 aliphatic rings. The van der Waals surface area contributed by atoms with Gasteiger partial charge in [0.1, 0.15) is 5.75 Å². The molecule has 0 aliphatic carbocycles. The molecule has 1 atom stereocenters. The summed E-state index contributed by atoms with van der Waals surface area (Å²) in [6.07, 6.45) is -0.633. The fourth-order valence-electron chi connectivity index (χ4n) is 2.50. The number of rotatable bonds is 6. The number of amides is 1. The van der Waals surface area contributed by atoms with Gasteiger partial charge in [-0.15, -0.1) is 0 Å². The van der Waals surface area contributed by atoms with Crippen molar-refractivity contribution < 1.29 is 14.1 Å². The van der Waals surface area contributed by atoms with Gasteiger partial charge in [-0.2, -0.15) is 4.98 Å².